The predicted octanol–water partition coefficient (Wildman–Crippen LogP) is 6.04. The number of anilines is 1. The third-order valence-corrected chi connectivity index (χ3v) is 4.91. The van der Waals surface area contributed by atoms with Gasteiger partial charge in [0.1, 0.15) is 16.9 Å². The van der Waals surface area contributed by atoms with Crippen molar-refractivity contribution in [3.05, 3.63) is 71.8 Å². The Morgan fingerprint density at radius 3 is 2.61 bits per heavy atom. The lowest BCUT2D eigenvalue weighted by Gasteiger charge is -2.16. The monoisotopic (exact) mass is 373 g/mol. The molecule has 0 aliphatic heterocycles. The molecule has 1 aromatic heterocycles. The average Bonchev–Trinajstić information content (AvgIpc) is 3.05. The molecule has 3 aromatic carbocycles. The molecular formula is C24H23NO3. The van der Waals surface area contributed by atoms with E-state index >= 15 is 0 Å². The molecule has 0 spiro atoms. The lowest BCUT2D eigenvalue weighted by atomic mass is 9.98. The van der Waals surface area contributed by atoms with E-state index in [9.17, 15) is 4.79 Å². The smallest absolute Gasteiger partial charge is 0.262 e. The summed E-state index contributed by atoms with van der Waals surface area (Å²) in [7, 11) is 0. The van der Waals surface area contributed by atoms with Crippen molar-refractivity contribution in [2.45, 2.75) is 26.7 Å². The molecule has 4 nitrogen and oxygen atoms in total. The van der Waals surface area contributed by atoms with Gasteiger partial charge in [-0.15, -0.1) is 0 Å². The van der Waals surface area contributed by atoms with Crippen molar-refractivity contribution in [2.75, 3.05) is 11.9 Å². The standard InChI is InChI=1S/C24H23NO3/c1-15(2)18-9-6-7-16(3)24(18)25-23(26)14-27-17-11-12-22-20(13-17)19-8-4-5-10-21(19)28-22/h4-13,15H,14H2,1-3H3,(H,25,26). The van der Waals surface area contributed by atoms with E-state index in [1.54, 1.807) is 0 Å². The Hall–Kier alpha value is -3.27. The van der Waals surface area contributed by atoms with Gasteiger partial charge in [-0.05, 0) is 48.2 Å². The molecule has 0 saturated carbocycles. The molecule has 0 fully saturated rings. The van der Waals surface area contributed by atoms with E-state index < -0.39 is 0 Å². The first-order valence-electron chi connectivity index (χ1n) is 9.46. The van der Waals surface area contributed by atoms with Gasteiger partial charge in [-0.1, -0.05) is 50.2 Å². The van der Waals surface area contributed by atoms with Gasteiger partial charge < -0.3 is 14.5 Å². The van der Waals surface area contributed by atoms with Crippen molar-refractivity contribution >= 4 is 33.5 Å². The van der Waals surface area contributed by atoms with Crippen LogP contribution in [0.4, 0.5) is 5.69 Å². The first kappa shape index (κ1) is 18.1. The maximum Gasteiger partial charge on any atom is 0.262 e. The summed E-state index contributed by atoms with van der Waals surface area (Å²) in [6, 6.07) is 19.6. The Kier molecular flexibility index (Phi) is 4.78. The third-order valence-electron chi connectivity index (χ3n) is 4.91. The van der Waals surface area contributed by atoms with Crippen LogP contribution in [-0.4, -0.2) is 12.5 Å². The molecule has 4 rings (SSSR count). The van der Waals surface area contributed by atoms with E-state index in [0.29, 0.717) is 11.7 Å². The van der Waals surface area contributed by atoms with Crippen molar-refractivity contribution in [3.8, 4) is 5.75 Å². The number of fused-ring (bicyclic) bond motifs is 3. The van der Waals surface area contributed by atoms with Crippen molar-refractivity contribution in [3.63, 3.8) is 0 Å². The molecule has 0 bridgehead atoms. The van der Waals surface area contributed by atoms with Gasteiger partial charge in [-0.25, -0.2) is 0 Å². The van der Waals surface area contributed by atoms with E-state index in [1.165, 1.54) is 0 Å². The Balaban J connectivity index is 1.50. The highest BCUT2D eigenvalue weighted by molar-refractivity contribution is 6.05. The summed E-state index contributed by atoms with van der Waals surface area (Å²) >= 11 is 0. The number of hydrogen-bond donors (Lipinski definition) is 1. The second-order valence-electron chi connectivity index (χ2n) is 7.29. The number of nitrogens with one attached hydrogen (secondary N) is 1. The fraction of sp³-hybridized carbons (Fsp3) is 0.208. The summed E-state index contributed by atoms with van der Waals surface area (Å²) in [6.45, 7) is 6.18. The number of hydrogen-bond acceptors (Lipinski definition) is 3. The fourth-order valence-electron chi connectivity index (χ4n) is 3.46. The van der Waals surface area contributed by atoms with Crippen molar-refractivity contribution in [1.29, 1.82) is 0 Å². The van der Waals surface area contributed by atoms with Crippen LogP contribution in [0.15, 0.2) is 65.1 Å². The zero-order valence-electron chi connectivity index (χ0n) is 16.3. The summed E-state index contributed by atoms with van der Waals surface area (Å²) in [4.78, 5) is 12.5. The topological polar surface area (TPSA) is 51.5 Å². The predicted molar refractivity (Wildman–Crippen MR) is 113 cm³/mol. The number of ether oxygens (including phenoxy) is 1. The molecule has 1 amide bonds. The molecule has 0 aliphatic rings. The molecule has 142 valence electrons. The Bertz CT molecular complexity index is 1160. The van der Waals surface area contributed by atoms with Gasteiger partial charge in [0.15, 0.2) is 6.61 Å². The molecule has 1 N–H and O–H groups in total. The van der Waals surface area contributed by atoms with Gasteiger partial charge in [0, 0.05) is 16.5 Å². The Morgan fingerprint density at radius 1 is 1.00 bits per heavy atom. The van der Waals surface area contributed by atoms with E-state index in [2.05, 4.69) is 19.2 Å². The van der Waals surface area contributed by atoms with Crippen LogP contribution in [0.1, 0.15) is 30.9 Å². The number of carbonyl (C=O) groups excluding carboxylic acids is 1. The van der Waals surface area contributed by atoms with E-state index in [0.717, 1.165) is 38.8 Å². The minimum Gasteiger partial charge on any atom is -0.484 e. The van der Waals surface area contributed by atoms with Gasteiger partial charge in [-0.3, -0.25) is 4.79 Å². The minimum absolute atomic E-state index is 0.0485. The molecular weight excluding hydrogens is 350 g/mol. The number of amides is 1. The average molecular weight is 373 g/mol. The quantitative estimate of drug-likeness (QED) is 0.464. The van der Waals surface area contributed by atoms with Crippen LogP contribution in [0.5, 0.6) is 5.75 Å². The number of carbonyl (C=O) groups is 1. The summed E-state index contributed by atoms with van der Waals surface area (Å²) in [5.41, 5.74) is 4.69. The zero-order valence-corrected chi connectivity index (χ0v) is 16.3. The van der Waals surface area contributed by atoms with Crippen molar-refractivity contribution in [1.82, 2.24) is 0 Å². The number of rotatable bonds is 5. The first-order chi connectivity index (χ1) is 13.5. The van der Waals surface area contributed by atoms with Crippen molar-refractivity contribution in [2.24, 2.45) is 0 Å². The van der Waals surface area contributed by atoms with Crippen LogP contribution in [0.2, 0.25) is 0 Å². The maximum absolute atomic E-state index is 12.5. The largest absolute Gasteiger partial charge is 0.484 e. The summed E-state index contributed by atoms with van der Waals surface area (Å²) in [5.74, 6) is 0.796. The molecule has 4 aromatic rings. The van der Waals surface area contributed by atoms with E-state index in [-0.39, 0.29) is 12.5 Å². The molecule has 0 aliphatic carbocycles. The van der Waals surface area contributed by atoms with Gasteiger partial charge in [0.2, 0.25) is 0 Å². The summed E-state index contributed by atoms with van der Waals surface area (Å²) < 4.78 is 11.6. The number of benzene rings is 3. The van der Waals surface area contributed by atoms with Gasteiger partial charge >= 0.3 is 0 Å². The molecule has 0 radical (unpaired) electrons. The van der Waals surface area contributed by atoms with Crippen LogP contribution >= 0.6 is 0 Å². The lowest BCUT2D eigenvalue weighted by molar-refractivity contribution is -0.118. The normalized spacial score (nSPS) is 11.3. The minimum atomic E-state index is -0.173. The SMILES string of the molecule is Cc1cccc(C(C)C)c1NC(=O)COc1ccc2oc3ccccc3c2c1. The second-order valence-corrected chi connectivity index (χ2v) is 7.29. The maximum atomic E-state index is 12.5. The van der Waals surface area contributed by atoms with Crippen molar-refractivity contribution < 1.29 is 13.9 Å². The molecule has 28 heavy (non-hydrogen) atoms. The number of para-hydroxylation sites is 2. The second kappa shape index (κ2) is 7.39. The van der Waals surface area contributed by atoms with E-state index in [1.807, 2.05) is 67.6 Å². The highest BCUT2D eigenvalue weighted by atomic mass is 16.5. The number of furan rings is 1. The highest BCUT2D eigenvalue weighted by Gasteiger charge is 2.13. The first-order valence-corrected chi connectivity index (χ1v) is 9.46. The fourth-order valence-corrected chi connectivity index (χ4v) is 3.46. The van der Waals surface area contributed by atoms with Gasteiger partial charge in [0.05, 0.1) is 0 Å². The highest BCUT2D eigenvalue weighted by Crippen LogP contribution is 2.31. The van der Waals surface area contributed by atoms with Crippen LogP contribution in [0, 0.1) is 6.92 Å². The summed E-state index contributed by atoms with van der Waals surface area (Å²) in [6.07, 6.45) is 0. The molecule has 0 unspecified atom stereocenters. The van der Waals surface area contributed by atoms with Crippen LogP contribution in [-0.2, 0) is 4.79 Å². The molecule has 0 atom stereocenters. The van der Waals surface area contributed by atoms with Gasteiger partial charge in [-0.2, -0.15) is 0 Å². The zero-order chi connectivity index (χ0) is 19.7. The Labute approximate surface area is 164 Å². The van der Waals surface area contributed by atoms with Crippen LogP contribution in [0.25, 0.3) is 21.9 Å². The summed E-state index contributed by atoms with van der Waals surface area (Å²) in [5, 5.41) is 5.03. The molecule has 0 saturated heterocycles. The Morgan fingerprint density at radius 2 is 1.79 bits per heavy atom. The molecule has 1 heterocycles. The van der Waals surface area contributed by atoms with Gasteiger partial charge in [0.25, 0.3) is 5.91 Å². The lowest BCUT2D eigenvalue weighted by Crippen LogP contribution is -2.21. The third kappa shape index (κ3) is 3.46. The van der Waals surface area contributed by atoms with Crippen LogP contribution in [0.3, 0.4) is 0 Å². The van der Waals surface area contributed by atoms with Crippen LogP contribution < -0.4 is 10.1 Å². The molecule has 4 heteroatoms. The van der Waals surface area contributed by atoms with E-state index in [4.69, 9.17) is 9.15 Å². The number of aryl methyl sites for hydroxylation is 1.